The molecule has 1 saturated carbocycles. The molecule has 24 heavy (non-hydrogen) atoms. The number of rotatable bonds is 4. The van der Waals surface area contributed by atoms with E-state index in [9.17, 15) is 17.6 Å². The van der Waals surface area contributed by atoms with Crippen molar-refractivity contribution in [1.82, 2.24) is 5.32 Å². The van der Waals surface area contributed by atoms with Crippen LogP contribution in [0.1, 0.15) is 50.6 Å². The van der Waals surface area contributed by atoms with E-state index in [1.54, 1.807) is 6.92 Å². The number of nitrogens with two attached hydrogens (primary N) is 1. The van der Waals surface area contributed by atoms with E-state index >= 15 is 0 Å². The quantitative estimate of drug-likeness (QED) is 0.842. The van der Waals surface area contributed by atoms with Gasteiger partial charge in [0, 0.05) is 6.26 Å². The first-order chi connectivity index (χ1) is 10.6. The van der Waals surface area contributed by atoms with Gasteiger partial charge in [0.05, 0.1) is 11.6 Å². The fraction of sp³-hybridized carbons (Fsp3) is 0.562. The van der Waals surface area contributed by atoms with E-state index in [2.05, 4.69) is 5.32 Å². The van der Waals surface area contributed by atoms with E-state index in [4.69, 9.17) is 5.73 Å². The summed E-state index contributed by atoms with van der Waals surface area (Å²) in [5.74, 6) is -1.05. The number of benzene rings is 1. The van der Waals surface area contributed by atoms with Gasteiger partial charge in [0.15, 0.2) is 9.84 Å². The van der Waals surface area contributed by atoms with Crippen molar-refractivity contribution in [2.75, 3.05) is 6.26 Å². The molecule has 136 valence electrons. The van der Waals surface area contributed by atoms with E-state index in [1.165, 1.54) is 12.1 Å². The summed E-state index contributed by atoms with van der Waals surface area (Å²) in [5, 5.41) is 2.81. The van der Waals surface area contributed by atoms with Crippen LogP contribution >= 0.6 is 12.4 Å². The minimum atomic E-state index is -3.61. The number of carbonyl (C=O) groups is 1. The number of halogens is 2. The zero-order chi connectivity index (χ0) is 17.3. The van der Waals surface area contributed by atoms with E-state index < -0.39 is 27.2 Å². The smallest absolute Gasteiger partial charge is 0.240 e. The molecule has 5 nitrogen and oxygen atoms in total. The highest BCUT2D eigenvalue weighted by molar-refractivity contribution is 7.90. The minimum Gasteiger partial charge on any atom is -0.348 e. The largest absolute Gasteiger partial charge is 0.348 e. The molecule has 1 aliphatic rings. The maximum absolute atomic E-state index is 14.0. The van der Waals surface area contributed by atoms with Crippen molar-refractivity contribution in [3.8, 4) is 0 Å². The van der Waals surface area contributed by atoms with Crippen LogP contribution < -0.4 is 11.1 Å². The maximum atomic E-state index is 14.0. The predicted molar refractivity (Wildman–Crippen MR) is 93.3 cm³/mol. The SMILES string of the molecule is CC(NC(=O)C1(N)CCCCC1)c1ccc(S(C)(=O)=O)c(F)c1.Cl. The Morgan fingerprint density at radius 1 is 1.29 bits per heavy atom. The summed E-state index contributed by atoms with van der Waals surface area (Å²) in [5.41, 5.74) is 5.81. The van der Waals surface area contributed by atoms with Crippen molar-refractivity contribution < 1.29 is 17.6 Å². The molecule has 2 rings (SSSR count). The highest BCUT2D eigenvalue weighted by Gasteiger charge is 2.35. The maximum Gasteiger partial charge on any atom is 0.240 e. The Morgan fingerprint density at radius 3 is 2.38 bits per heavy atom. The van der Waals surface area contributed by atoms with Crippen molar-refractivity contribution in [3.05, 3.63) is 29.6 Å². The fourth-order valence-electron chi connectivity index (χ4n) is 2.92. The Labute approximate surface area is 148 Å². The highest BCUT2D eigenvalue weighted by atomic mass is 35.5. The molecule has 0 bridgehead atoms. The first kappa shape index (κ1) is 20.9. The monoisotopic (exact) mass is 378 g/mol. The Bertz CT molecular complexity index is 703. The Balaban J connectivity index is 0.00000288. The van der Waals surface area contributed by atoms with Crippen LogP contribution in [0.4, 0.5) is 4.39 Å². The highest BCUT2D eigenvalue weighted by Crippen LogP contribution is 2.27. The molecule has 0 saturated heterocycles. The molecule has 1 aliphatic carbocycles. The van der Waals surface area contributed by atoms with Crippen LogP contribution in [0.2, 0.25) is 0 Å². The van der Waals surface area contributed by atoms with Gasteiger partial charge in [-0.05, 0) is 37.5 Å². The summed E-state index contributed by atoms with van der Waals surface area (Å²) in [7, 11) is -3.61. The van der Waals surface area contributed by atoms with Gasteiger partial charge in [-0.3, -0.25) is 4.79 Å². The van der Waals surface area contributed by atoms with Crippen LogP contribution in [0.25, 0.3) is 0 Å². The van der Waals surface area contributed by atoms with Gasteiger partial charge in [0.2, 0.25) is 5.91 Å². The molecule has 0 spiro atoms. The van der Waals surface area contributed by atoms with E-state index in [1.807, 2.05) is 0 Å². The number of hydrogen-bond donors (Lipinski definition) is 2. The molecule has 1 amide bonds. The molecule has 1 atom stereocenters. The molecule has 3 N–H and O–H groups in total. The molecular formula is C16H24ClFN2O3S. The molecule has 0 aromatic heterocycles. The standard InChI is InChI=1S/C16H23FN2O3S.ClH/c1-11(19-15(20)16(18)8-4-3-5-9-16)12-6-7-14(13(17)10-12)23(2,21)22;/h6-7,10-11H,3-5,8-9,18H2,1-2H3,(H,19,20);1H. The van der Waals surface area contributed by atoms with E-state index in [0.29, 0.717) is 18.4 Å². The van der Waals surface area contributed by atoms with Gasteiger partial charge in [0.25, 0.3) is 0 Å². The zero-order valence-corrected chi connectivity index (χ0v) is 15.5. The van der Waals surface area contributed by atoms with Crippen LogP contribution in [0, 0.1) is 5.82 Å². The first-order valence-electron chi connectivity index (χ1n) is 7.73. The lowest BCUT2D eigenvalue weighted by molar-refractivity contribution is -0.128. The molecule has 1 aromatic rings. The van der Waals surface area contributed by atoms with Gasteiger partial charge >= 0.3 is 0 Å². The number of carbonyl (C=O) groups excluding carboxylic acids is 1. The molecular weight excluding hydrogens is 355 g/mol. The summed E-state index contributed by atoms with van der Waals surface area (Å²) < 4.78 is 36.8. The Kier molecular flexibility index (Phi) is 6.78. The number of hydrogen-bond acceptors (Lipinski definition) is 4. The third-order valence-corrected chi connectivity index (χ3v) is 5.53. The Hall–Kier alpha value is -1.18. The molecule has 8 heteroatoms. The van der Waals surface area contributed by atoms with E-state index in [-0.39, 0.29) is 23.2 Å². The van der Waals surface area contributed by atoms with Crippen LogP contribution in [0.15, 0.2) is 23.1 Å². The lowest BCUT2D eigenvalue weighted by Crippen LogP contribution is -2.55. The summed E-state index contributed by atoms with van der Waals surface area (Å²) in [6, 6.07) is 3.43. The van der Waals surface area contributed by atoms with E-state index in [0.717, 1.165) is 31.6 Å². The molecule has 1 aromatic carbocycles. The number of sulfone groups is 1. The lowest BCUT2D eigenvalue weighted by Gasteiger charge is -2.33. The van der Waals surface area contributed by atoms with Crippen molar-refractivity contribution in [2.24, 2.45) is 5.73 Å². The second-order valence-electron chi connectivity index (χ2n) is 6.37. The summed E-state index contributed by atoms with van der Waals surface area (Å²) in [6.07, 6.45) is 5.18. The summed E-state index contributed by atoms with van der Waals surface area (Å²) in [6.45, 7) is 1.72. The van der Waals surface area contributed by atoms with Gasteiger partial charge < -0.3 is 11.1 Å². The van der Waals surface area contributed by atoms with Crippen molar-refractivity contribution in [1.29, 1.82) is 0 Å². The van der Waals surface area contributed by atoms with Gasteiger partial charge in [-0.1, -0.05) is 25.3 Å². The molecule has 0 radical (unpaired) electrons. The Morgan fingerprint density at radius 2 is 1.88 bits per heavy atom. The van der Waals surface area contributed by atoms with Gasteiger partial charge in [0.1, 0.15) is 10.7 Å². The topological polar surface area (TPSA) is 89.3 Å². The van der Waals surface area contributed by atoms with Gasteiger partial charge in [-0.15, -0.1) is 12.4 Å². The summed E-state index contributed by atoms with van der Waals surface area (Å²) in [4.78, 5) is 12.0. The number of nitrogens with one attached hydrogen (secondary N) is 1. The molecule has 1 fully saturated rings. The van der Waals surface area contributed by atoms with Crippen LogP contribution in [0.5, 0.6) is 0 Å². The molecule has 0 heterocycles. The second kappa shape index (κ2) is 7.80. The average molecular weight is 379 g/mol. The van der Waals surface area contributed by atoms with Gasteiger partial charge in [-0.2, -0.15) is 0 Å². The molecule has 1 unspecified atom stereocenters. The lowest BCUT2D eigenvalue weighted by atomic mass is 9.81. The average Bonchev–Trinajstić information content (AvgIpc) is 2.46. The molecule has 0 aliphatic heterocycles. The third-order valence-electron chi connectivity index (χ3n) is 4.40. The first-order valence-corrected chi connectivity index (χ1v) is 9.62. The van der Waals surface area contributed by atoms with Crippen LogP contribution in [0.3, 0.4) is 0 Å². The fourth-order valence-corrected chi connectivity index (χ4v) is 3.65. The second-order valence-corrected chi connectivity index (χ2v) is 8.36. The normalized spacial score (nSPS) is 18.3. The van der Waals surface area contributed by atoms with Crippen molar-refractivity contribution >= 4 is 28.2 Å². The third kappa shape index (κ3) is 4.68. The van der Waals surface area contributed by atoms with Gasteiger partial charge in [-0.25, -0.2) is 12.8 Å². The zero-order valence-electron chi connectivity index (χ0n) is 13.8. The van der Waals surface area contributed by atoms with Crippen LogP contribution in [-0.2, 0) is 14.6 Å². The minimum absolute atomic E-state index is 0. The van der Waals surface area contributed by atoms with Crippen LogP contribution in [-0.4, -0.2) is 26.1 Å². The van der Waals surface area contributed by atoms with Crippen molar-refractivity contribution in [2.45, 2.75) is 55.5 Å². The number of amides is 1. The van der Waals surface area contributed by atoms with Crippen molar-refractivity contribution in [3.63, 3.8) is 0 Å². The summed E-state index contributed by atoms with van der Waals surface area (Å²) >= 11 is 0. The predicted octanol–water partition coefficient (Wildman–Crippen LogP) is 2.49.